The van der Waals surface area contributed by atoms with Crippen molar-refractivity contribution in [2.45, 2.75) is 33.2 Å². The lowest BCUT2D eigenvalue weighted by atomic mass is 10.00. The Balaban J connectivity index is 1.51. The molecule has 0 atom stereocenters. The molecule has 0 unspecified atom stereocenters. The van der Waals surface area contributed by atoms with Gasteiger partial charge in [0.25, 0.3) is 0 Å². The number of nitrogens with zero attached hydrogens (tertiary/aromatic N) is 3. The lowest BCUT2D eigenvalue weighted by Gasteiger charge is -2.14. The largest absolute Gasteiger partial charge is 0.385 e. The first kappa shape index (κ1) is 25.0. The van der Waals surface area contributed by atoms with Gasteiger partial charge in [-0.15, -0.1) is 0 Å². The molecule has 38 heavy (non-hydrogen) atoms. The normalized spacial score (nSPS) is 13.6. The molecular formula is C30H30FN7. The van der Waals surface area contributed by atoms with Crippen molar-refractivity contribution in [1.29, 1.82) is 0 Å². The van der Waals surface area contributed by atoms with Gasteiger partial charge in [0.05, 0.1) is 29.1 Å². The highest BCUT2D eigenvalue weighted by Crippen LogP contribution is 2.32. The third kappa shape index (κ3) is 4.80. The maximum absolute atomic E-state index is 14.6. The molecule has 0 saturated carbocycles. The van der Waals surface area contributed by atoms with Gasteiger partial charge in [0.1, 0.15) is 11.3 Å². The van der Waals surface area contributed by atoms with Gasteiger partial charge in [0.2, 0.25) is 0 Å². The quantitative estimate of drug-likeness (QED) is 0.198. The molecule has 1 aliphatic heterocycles. The number of aromatic amines is 2. The molecular weight excluding hydrogens is 477 g/mol. The monoisotopic (exact) mass is 507 g/mol. The van der Waals surface area contributed by atoms with E-state index in [1.807, 2.05) is 37.3 Å². The van der Waals surface area contributed by atoms with E-state index in [2.05, 4.69) is 45.9 Å². The zero-order valence-electron chi connectivity index (χ0n) is 21.5. The Morgan fingerprint density at radius 3 is 2.76 bits per heavy atom. The molecule has 8 heteroatoms. The average molecular weight is 508 g/mol. The van der Waals surface area contributed by atoms with Crippen LogP contribution < -0.4 is 10.6 Å². The number of nitrogens with one attached hydrogen (secondary N) is 4. The summed E-state index contributed by atoms with van der Waals surface area (Å²) in [6.45, 7) is 12.7. The van der Waals surface area contributed by atoms with Crippen molar-refractivity contribution in [2.24, 2.45) is 0 Å². The molecule has 4 N–H and O–H groups in total. The minimum absolute atomic E-state index is 0.298. The van der Waals surface area contributed by atoms with Crippen LogP contribution in [0.4, 0.5) is 4.39 Å². The smallest absolute Gasteiger partial charge is 0.161 e. The Morgan fingerprint density at radius 2 is 2.00 bits per heavy atom. The first-order valence-electron chi connectivity index (χ1n) is 12.6. The summed E-state index contributed by atoms with van der Waals surface area (Å²) in [5.41, 5.74) is 8.32. The molecule has 4 heterocycles. The summed E-state index contributed by atoms with van der Waals surface area (Å²) in [4.78, 5) is 13.1. The van der Waals surface area contributed by atoms with Crippen LogP contribution in [0.2, 0.25) is 0 Å². The number of benzene rings is 1. The molecule has 0 saturated heterocycles. The Bertz CT molecular complexity index is 1620. The fraction of sp³-hybridized carbons (Fsp3) is 0.167. The fourth-order valence-electron chi connectivity index (χ4n) is 4.49. The van der Waals surface area contributed by atoms with Crippen molar-refractivity contribution in [1.82, 2.24) is 35.8 Å². The lowest BCUT2D eigenvalue weighted by Crippen LogP contribution is -2.14. The number of fused-ring (bicyclic) bond motifs is 2. The topological polar surface area (TPSA) is 94.3 Å². The van der Waals surface area contributed by atoms with E-state index in [4.69, 9.17) is 9.97 Å². The highest BCUT2D eigenvalue weighted by atomic mass is 19.1. The van der Waals surface area contributed by atoms with Crippen LogP contribution in [0.25, 0.3) is 33.7 Å². The molecule has 0 spiro atoms. The zero-order valence-corrected chi connectivity index (χ0v) is 21.5. The van der Waals surface area contributed by atoms with Crippen LogP contribution in [0, 0.1) is 5.82 Å². The summed E-state index contributed by atoms with van der Waals surface area (Å²) >= 11 is 0. The minimum Gasteiger partial charge on any atom is -0.385 e. The highest BCUT2D eigenvalue weighted by molar-refractivity contribution is 5.90. The third-order valence-electron chi connectivity index (χ3n) is 6.37. The van der Waals surface area contributed by atoms with Crippen LogP contribution in [-0.4, -0.2) is 25.1 Å². The number of aromatic nitrogens is 5. The summed E-state index contributed by atoms with van der Waals surface area (Å²) < 4.78 is 14.6. The van der Waals surface area contributed by atoms with Crippen molar-refractivity contribution in [3.8, 4) is 11.5 Å². The second-order valence-electron chi connectivity index (χ2n) is 9.02. The standard InChI is InChI=1S/C30H30FN7/c1-5-10-18(4)33-20(7-3)15-19(6-2)24-13-14-25-28(34-24)29(38-37-25)30-35-26-17-32-16-22(27(26)36-30)21-11-8-9-12-23(21)31/h6-9,11-16,32-33H,3-5,10,17H2,1-2H3,(H,35,36)(H,37,38)/b19-6+,20-15+. The van der Waals surface area contributed by atoms with Crippen LogP contribution >= 0.6 is 0 Å². The molecule has 1 aromatic carbocycles. The maximum Gasteiger partial charge on any atom is 0.161 e. The molecule has 0 fully saturated rings. The minimum atomic E-state index is -0.298. The molecule has 0 aliphatic carbocycles. The van der Waals surface area contributed by atoms with E-state index in [-0.39, 0.29) is 5.82 Å². The third-order valence-corrected chi connectivity index (χ3v) is 6.37. The van der Waals surface area contributed by atoms with Gasteiger partial charge in [-0.25, -0.2) is 14.4 Å². The van der Waals surface area contributed by atoms with Crippen molar-refractivity contribution in [3.05, 3.63) is 114 Å². The van der Waals surface area contributed by atoms with E-state index < -0.39 is 0 Å². The average Bonchev–Trinajstić information content (AvgIpc) is 3.55. The molecule has 4 aromatic rings. The number of imidazole rings is 1. The SMILES string of the molecule is C=C/C(=C\C(=C/C)c1ccc2[nH]nc(-c3nc4c([nH]3)CNC=C4c3ccccc3F)c2n1)NC(=C)CCC. The predicted octanol–water partition coefficient (Wildman–Crippen LogP) is 6.36. The maximum atomic E-state index is 14.6. The van der Waals surface area contributed by atoms with Crippen LogP contribution in [0.5, 0.6) is 0 Å². The van der Waals surface area contributed by atoms with Crippen LogP contribution in [0.1, 0.15) is 49.3 Å². The first-order valence-corrected chi connectivity index (χ1v) is 12.6. The van der Waals surface area contributed by atoms with Gasteiger partial charge in [-0.05, 0) is 49.3 Å². The number of pyridine rings is 1. The zero-order chi connectivity index (χ0) is 26.6. The second kappa shape index (κ2) is 10.7. The van der Waals surface area contributed by atoms with Gasteiger partial charge in [-0.2, -0.15) is 5.10 Å². The van der Waals surface area contributed by atoms with Gasteiger partial charge in [-0.1, -0.05) is 50.8 Å². The number of allylic oxidation sites excluding steroid dienone is 5. The van der Waals surface area contributed by atoms with Gasteiger partial charge in [-0.3, -0.25) is 5.10 Å². The number of rotatable bonds is 9. The summed E-state index contributed by atoms with van der Waals surface area (Å²) in [7, 11) is 0. The van der Waals surface area contributed by atoms with Gasteiger partial charge < -0.3 is 15.6 Å². The first-order chi connectivity index (χ1) is 18.5. The summed E-state index contributed by atoms with van der Waals surface area (Å²) in [6.07, 6.45) is 9.48. The number of hydrogen-bond acceptors (Lipinski definition) is 5. The molecule has 5 rings (SSSR count). The molecule has 0 radical (unpaired) electrons. The summed E-state index contributed by atoms with van der Waals surface area (Å²) in [6, 6.07) is 10.6. The van der Waals surface area contributed by atoms with E-state index in [1.165, 1.54) is 6.07 Å². The number of halogens is 1. The summed E-state index contributed by atoms with van der Waals surface area (Å²) in [5.74, 6) is 0.270. The van der Waals surface area contributed by atoms with Crippen molar-refractivity contribution in [3.63, 3.8) is 0 Å². The second-order valence-corrected chi connectivity index (χ2v) is 9.02. The van der Waals surface area contributed by atoms with Crippen molar-refractivity contribution < 1.29 is 4.39 Å². The van der Waals surface area contributed by atoms with Crippen molar-refractivity contribution >= 4 is 22.2 Å². The number of H-pyrrole nitrogens is 2. The molecule has 1 aliphatic rings. The molecule has 0 amide bonds. The molecule has 192 valence electrons. The van der Waals surface area contributed by atoms with E-state index in [9.17, 15) is 4.39 Å². The van der Waals surface area contributed by atoms with Gasteiger partial charge in [0.15, 0.2) is 11.5 Å². The van der Waals surface area contributed by atoms with E-state index in [0.29, 0.717) is 40.4 Å². The van der Waals surface area contributed by atoms with Crippen molar-refractivity contribution in [2.75, 3.05) is 0 Å². The lowest BCUT2D eigenvalue weighted by molar-refractivity contribution is 0.623. The highest BCUT2D eigenvalue weighted by Gasteiger charge is 2.23. The van der Waals surface area contributed by atoms with Gasteiger partial charge >= 0.3 is 0 Å². The Morgan fingerprint density at radius 1 is 1.16 bits per heavy atom. The Kier molecular flexibility index (Phi) is 7.04. The summed E-state index contributed by atoms with van der Waals surface area (Å²) in [5, 5.41) is 14.1. The van der Waals surface area contributed by atoms with E-state index >= 15 is 0 Å². The fourth-order valence-corrected chi connectivity index (χ4v) is 4.49. The van der Waals surface area contributed by atoms with Gasteiger partial charge in [0, 0.05) is 28.7 Å². The van der Waals surface area contributed by atoms with E-state index in [1.54, 1.807) is 24.4 Å². The molecule has 3 aromatic heterocycles. The van der Waals surface area contributed by atoms with Crippen LogP contribution in [0.3, 0.4) is 0 Å². The molecule has 7 nitrogen and oxygen atoms in total. The predicted molar refractivity (Wildman–Crippen MR) is 151 cm³/mol. The van der Waals surface area contributed by atoms with Crippen LogP contribution in [-0.2, 0) is 6.54 Å². The Hall–Kier alpha value is -4.72. The molecule has 0 bridgehead atoms. The number of hydrogen-bond donors (Lipinski definition) is 4. The van der Waals surface area contributed by atoms with E-state index in [0.717, 1.165) is 46.7 Å². The Labute approximate surface area is 221 Å². The van der Waals surface area contributed by atoms with Crippen LogP contribution in [0.15, 0.2) is 85.4 Å².